The minimum atomic E-state index is -3.17. The maximum Gasteiger partial charge on any atom is 0.0645 e. The molecule has 0 saturated carbocycles. The minimum Gasteiger partial charge on any atom is -0.310 e. The van der Waals surface area contributed by atoms with Crippen molar-refractivity contribution in [3.05, 3.63) is 229 Å². The lowest BCUT2D eigenvalue weighted by Crippen LogP contribution is -2.16. The van der Waals surface area contributed by atoms with Gasteiger partial charge < -0.3 is 9.47 Å². The van der Waals surface area contributed by atoms with Crippen LogP contribution < -0.4 is 4.90 Å². The van der Waals surface area contributed by atoms with E-state index in [9.17, 15) is 9.60 Å². The van der Waals surface area contributed by atoms with Crippen LogP contribution in [0.4, 0.5) is 17.1 Å². The SMILES string of the molecule is [2H]c1cc(-c2c([2H])c([2H])c([2H])c([2H])c2[2H])c(N(c2cc3c(c([2H])c2[2H])-c2c([2H])c([2H])c([2H])c([2H])c2C3(C)C([2H])([2H])[2H])c2c([2H])c([2H])c(-c3ccc4c(c3)c3ccccc3n4-c3ccccc3-c3ccccc3)c([2H])c2[2H])c([2H])c1[2H]. The Morgan fingerprint density at radius 3 is 2.03 bits per heavy atom. The molecule has 2 heteroatoms. The van der Waals surface area contributed by atoms with Gasteiger partial charge in [-0.3, -0.25) is 0 Å². The van der Waals surface area contributed by atoms with Gasteiger partial charge in [-0.05, 0) is 99.0 Å². The van der Waals surface area contributed by atoms with Gasteiger partial charge in [0, 0.05) is 42.8 Å². The lowest BCUT2D eigenvalue weighted by Gasteiger charge is -2.30. The van der Waals surface area contributed by atoms with Crippen LogP contribution in [0.1, 0.15) is 53.7 Å². The highest BCUT2D eigenvalue weighted by Crippen LogP contribution is 2.51. The standard InChI is InChI=1S/C57H42N2/c1-57(2)51-25-13-9-23-47(51)48-35-34-44(38-52(48)57)58(53-26-14-10-21-45(53)40-17-5-3-6-18-40)43-32-29-39(30-33-43)42-31-36-56-50(37-42)49-24-12-16-28-55(49)59(56)54-27-15-11-22-46(54)41-19-7-4-8-20-41/h3-38H,1-2H3/i1D3,3D,5D,6D,9D,10D,13D,14D,17D,18D,23D,25D,26D,29D,30D,32D,33D,34D,35D. The second-order valence-electron chi connectivity index (χ2n) is 14.3. The molecule has 0 radical (unpaired) electrons. The van der Waals surface area contributed by atoms with E-state index >= 15 is 0 Å². The Hall–Kier alpha value is -7.42. The molecular formula is C57H42N2. The van der Waals surface area contributed by atoms with Gasteiger partial charge in [-0.15, -0.1) is 0 Å². The Labute approximate surface area is 375 Å². The summed E-state index contributed by atoms with van der Waals surface area (Å²) in [6.45, 7) is -2.00. The maximum absolute atomic E-state index is 9.92. The van der Waals surface area contributed by atoms with Gasteiger partial charge in [0.1, 0.15) is 0 Å². The van der Waals surface area contributed by atoms with E-state index in [1.54, 1.807) is 18.2 Å². The number of aromatic nitrogens is 1. The monoisotopic (exact) mass is 775 g/mol. The van der Waals surface area contributed by atoms with E-state index in [-0.39, 0.29) is 27.8 Å². The molecule has 280 valence electrons. The van der Waals surface area contributed by atoms with E-state index in [1.165, 1.54) is 6.92 Å². The Kier molecular flexibility index (Phi) is 4.56. The highest BCUT2D eigenvalue weighted by molar-refractivity contribution is 6.11. The molecule has 0 aliphatic heterocycles. The second-order valence-corrected chi connectivity index (χ2v) is 14.3. The molecule has 1 atom stereocenters. The third-order valence-electron chi connectivity index (χ3n) is 10.8. The van der Waals surface area contributed by atoms with Crippen LogP contribution in [0.15, 0.2) is 218 Å². The largest absolute Gasteiger partial charge is 0.310 e. The van der Waals surface area contributed by atoms with E-state index < -0.39 is 155 Å². The normalized spacial score (nSPS) is 19.6. The number of nitrogens with zero attached hydrogens (tertiary/aromatic N) is 2. The van der Waals surface area contributed by atoms with E-state index in [1.807, 2.05) is 78.9 Å². The fraction of sp³-hybridized carbons (Fsp3) is 0.0526. The zero-order valence-corrected chi connectivity index (χ0v) is 31.3. The zero-order chi connectivity index (χ0) is 57.7. The molecule has 0 fully saturated rings. The maximum atomic E-state index is 9.92. The first-order valence-corrected chi connectivity index (χ1v) is 18.8. The fourth-order valence-electron chi connectivity index (χ4n) is 8.08. The molecule has 1 aromatic heterocycles. The minimum absolute atomic E-state index is 0.207. The van der Waals surface area contributed by atoms with Crippen LogP contribution in [0.25, 0.3) is 72.0 Å². The molecule has 11 rings (SSSR count). The van der Waals surface area contributed by atoms with Gasteiger partial charge in [0.2, 0.25) is 0 Å². The van der Waals surface area contributed by atoms with Crippen LogP contribution in [-0.2, 0) is 5.41 Å². The van der Waals surface area contributed by atoms with Crippen molar-refractivity contribution in [1.29, 1.82) is 0 Å². The van der Waals surface area contributed by atoms with E-state index in [0.717, 1.165) is 50.3 Å². The van der Waals surface area contributed by atoms with Crippen LogP contribution in [0.2, 0.25) is 0 Å². The molecule has 1 aliphatic carbocycles. The van der Waals surface area contributed by atoms with Crippen molar-refractivity contribution in [1.82, 2.24) is 4.57 Å². The number of anilines is 3. The van der Waals surface area contributed by atoms with Gasteiger partial charge in [-0.1, -0.05) is 177 Å². The van der Waals surface area contributed by atoms with Gasteiger partial charge in [0.05, 0.1) is 47.1 Å². The Balaban J connectivity index is 1.23. The van der Waals surface area contributed by atoms with Gasteiger partial charge in [0.15, 0.2) is 0 Å². The average Bonchev–Trinajstić information content (AvgIpc) is 3.97. The predicted octanol–water partition coefficient (Wildman–Crippen LogP) is 15.6. The third kappa shape index (κ3) is 5.71. The molecule has 0 spiro atoms. The Morgan fingerprint density at radius 2 is 1.17 bits per heavy atom. The van der Waals surface area contributed by atoms with Crippen molar-refractivity contribution in [2.24, 2.45) is 0 Å². The number of fused-ring (bicyclic) bond motifs is 6. The Bertz CT molecular complexity index is 4300. The molecule has 10 aromatic rings. The summed E-state index contributed by atoms with van der Waals surface area (Å²) < 4.78 is 194. The lowest BCUT2D eigenvalue weighted by molar-refractivity contribution is 0.660. The van der Waals surface area contributed by atoms with Crippen molar-refractivity contribution < 1.29 is 28.8 Å². The molecule has 0 bridgehead atoms. The number of hydrogen-bond acceptors (Lipinski definition) is 1. The lowest BCUT2D eigenvalue weighted by atomic mass is 9.82. The number of benzene rings is 9. The summed E-state index contributed by atoms with van der Waals surface area (Å²) in [7, 11) is 0. The van der Waals surface area contributed by atoms with Crippen molar-refractivity contribution >= 4 is 38.9 Å². The topological polar surface area (TPSA) is 8.17 Å². The highest BCUT2D eigenvalue weighted by Gasteiger charge is 2.36. The smallest absolute Gasteiger partial charge is 0.0645 e. The first-order chi connectivity index (χ1) is 37.8. The van der Waals surface area contributed by atoms with Crippen LogP contribution in [0, 0.1) is 0 Å². The molecule has 1 heterocycles. The van der Waals surface area contributed by atoms with Crippen molar-refractivity contribution in [2.45, 2.75) is 19.2 Å². The molecule has 1 aliphatic rings. The molecule has 0 amide bonds. The number of hydrogen-bond donors (Lipinski definition) is 0. The highest BCUT2D eigenvalue weighted by atomic mass is 15.1. The zero-order valence-electron chi connectivity index (χ0n) is 52.3. The summed E-state index contributed by atoms with van der Waals surface area (Å²) in [4.78, 5) is 0.778. The summed E-state index contributed by atoms with van der Waals surface area (Å²) in [6, 6.07) is 18.1. The van der Waals surface area contributed by atoms with Crippen LogP contribution in [-0.4, -0.2) is 4.57 Å². The van der Waals surface area contributed by atoms with Gasteiger partial charge in [-0.2, -0.15) is 0 Å². The third-order valence-corrected chi connectivity index (χ3v) is 10.8. The summed E-state index contributed by atoms with van der Waals surface area (Å²) in [5.74, 6) is 0. The van der Waals surface area contributed by atoms with Crippen LogP contribution in [0.5, 0.6) is 0 Å². The summed E-state index contributed by atoms with van der Waals surface area (Å²) in [5.41, 5.74) is -2.84. The van der Waals surface area contributed by atoms with E-state index in [0.29, 0.717) is 5.39 Å². The molecule has 9 aromatic carbocycles. The molecule has 59 heavy (non-hydrogen) atoms. The number of para-hydroxylation sites is 3. The Morgan fingerprint density at radius 1 is 0.458 bits per heavy atom. The van der Waals surface area contributed by atoms with Gasteiger partial charge in [-0.25, -0.2) is 0 Å². The van der Waals surface area contributed by atoms with E-state index in [4.69, 9.17) is 19.2 Å². The summed E-state index contributed by atoms with van der Waals surface area (Å²) in [5, 5.41) is 1.48. The molecule has 0 saturated heterocycles. The van der Waals surface area contributed by atoms with Gasteiger partial charge in [0.25, 0.3) is 0 Å². The van der Waals surface area contributed by atoms with Crippen molar-refractivity contribution in [3.8, 4) is 50.2 Å². The van der Waals surface area contributed by atoms with Crippen LogP contribution >= 0.6 is 0 Å². The first kappa shape index (κ1) is 19.4. The average molecular weight is 776 g/mol. The van der Waals surface area contributed by atoms with Crippen LogP contribution in [0.3, 0.4) is 0 Å². The quantitative estimate of drug-likeness (QED) is 0.157. The fourth-order valence-corrected chi connectivity index (χ4v) is 8.08. The molecule has 2 nitrogen and oxygen atoms in total. The molecule has 0 N–H and O–H groups in total. The first-order valence-electron chi connectivity index (χ1n) is 29.3. The number of rotatable bonds is 7. The van der Waals surface area contributed by atoms with Gasteiger partial charge >= 0.3 is 0 Å². The molecular weight excluding hydrogens is 713 g/mol. The predicted molar refractivity (Wildman–Crippen MR) is 249 cm³/mol. The summed E-state index contributed by atoms with van der Waals surface area (Å²) in [6.07, 6.45) is 0. The summed E-state index contributed by atoms with van der Waals surface area (Å²) >= 11 is 0. The second kappa shape index (κ2) is 13.9. The van der Waals surface area contributed by atoms with E-state index in [2.05, 4.69) is 4.57 Å². The van der Waals surface area contributed by atoms with Crippen molar-refractivity contribution in [2.75, 3.05) is 4.90 Å². The molecule has 1 unspecified atom stereocenters. The van der Waals surface area contributed by atoms with Crippen molar-refractivity contribution in [3.63, 3.8) is 0 Å².